The molecule has 2 rings (SSSR count). The highest BCUT2D eigenvalue weighted by Gasteiger charge is 2.04. The summed E-state index contributed by atoms with van der Waals surface area (Å²) in [6, 6.07) is 15.1. The first-order valence-electron chi connectivity index (χ1n) is 6.58. The van der Waals surface area contributed by atoms with Crippen LogP contribution in [0.3, 0.4) is 0 Å². The van der Waals surface area contributed by atoms with Gasteiger partial charge in [0.25, 0.3) is 0 Å². The van der Waals surface area contributed by atoms with Gasteiger partial charge >= 0.3 is 0 Å². The minimum Gasteiger partial charge on any atom is -0.398 e. The number of nitrogen functional groups attached to an aromatic ring is 1. The summed E-state index contributed by atoms with van der Waals surface area (Å²) in [7, 11) is 0. The minimum atomic E-state index is 0.627. The number of hydrogen-bond donors (Lipinski definition) is 1. The van der Waals surface area contributed by atoms with Gasteiger partial charge in [0.15, 0.2) is 0 Å². The summed E-state index contributed by atoms with van der Waals surface area (Å²) < 4.78 is 0. The van der Waals surface area contributed by atoms with Gasteiger partial charge in [-0.3, -0.25) is 0 Å². The van der Waals surface area contributed by atoms with Gasteiger partial charge in [-0.05, 0) is 47.6 Å². The van der Waals surface area contributed by atoms with Gasteiger partial charge in [-0.15, -0.1) is 0 Å². The van der Waals surface area contributed by atoms with E-state index in [0.29, 0.717) is 5.92 Å². The molecule has 2 N–H and O–H groups in total. The van der Waals surface area contributed by atoms with E-state index >= 15 is 0 Å². The second-order valence-electron chi connectivity index (χ2n) is 5.00. The van der Waals surface area contributed by atoms with Gasteiger partial charge in [0.05, 0.1) is 0 Å². The van der Waals surface area contributed by atoms with Crippen LogP contribution in [0.25, 0.3) is 11.1 Å². The molecule has 1 nitrogen and oxygen atoms in total. The Morgan fingerprint density at radius 3 is 2.17 bits per heavy atom. The molecule has 0 radical (unpaired) electrons. The molecule has 0 saturated heterocycles. The molecule has 0 aromatic heterocycles. The van der Waals surface area contributed by atoms with Crippen LogP contribution >= 0.6 is 0 Å². The zero-order valence-corrected chi connectivity index (χ0v) is 11.4. The highest BCUT2D eigenvalue weighted by molar-refractivity contribution is 5.69. The quantitative estimate of drug-likeness (QED) is 0.768. The van der Waals surface area contributed by atoms with E-state index in [0.717, 1.165) is 11.3 Å². The smallest absolute Gasteiger partial charge is 0.0349 e. The van der Waals surface area contributed by atoms with Crippen LogP contribution in [0.15, 0.2) is 42.5 Å². The third-order valence-electron chi connectivity index (χ3n) is 3.70. The molecule has 18 heavy (non-hydrogen) atoms. The lowest BCUT2D eigenvalue weighted by Crippen LogP contribution is -1.92. The van der Waals surface area contributed by atoms with Crippen molar-refractivity contribution < 1.29 is 0 Å². The maximum Gasteiger partial charge on any atom is 0.0349 e. The molecule has 94 valence electrons. The monoisotopic (exact) mass is 239 g/mol. The largest absolute Gasteiger partial charge is 0.398 e. The van der Waals surface area contributed by atoms with Gasteiger partial charge in [0, 0.05) is 5.69 Å². The van der Waals surface area contributed by atoms with Crippen LogP contribution in [0.1, 0.15) is 37.3 Å². The number of hydrogen-bond acceptors (Lipinski definition) is 1. The second kappa shape index (κ2) is 5.26. The summed E-state index contributed by atoms with van der Waals surface area (Å²) in [5.74, 6) is 0.627. The lowest BCUT2D eigenvalue weighted by atomic mass is 9.95. The summed E-state index contributed by atoms with van der Waals surface area (Å²) >= 11 is 0. The van der Waals surface area contributed by atoms with Gasteiger partial charge in [-0.2, -0.15) is 0 Å². The Labute approximate surface area is 110 Å². The summed E-state index contributed by atoms with van der Waals surface area (Å²) in [4.78, 5) is 0. The number of aryl methyl sites for hydroxylation is 1. The van der Waals surface area contributed by atoms with Crippen molar-refractivity contribution >= 4 is 5.69 Å². The van der Waals surface area contributed by atoms with Crippen molar-refractivity contribution in [3.05, 3.63) is 53.6 Å². The van der Waals surface area contributed by atoms with E-state index < -0.39 is 0 Å². The van der Waals surface area contributed by atoms with Crippen LogP contribution < -0.4 is 5.73 Å². The molecule has 0 aliphatic carbocycles. The molecule has 0 aliphatic heterocycles. The van der Waals surface area contributed by atoms with Crippen LogP contribution in [-0.4, -0.2) is 0 Å². The molecule has 2 aromatic carbocycles. The third-order valence-corrected chi connectivity index (χ3v) is 3.70. The summed E-state index contributed by atoms with van der Waals surface area (Å²) in [5.41, 5.74) is 11.8. The fourth-order valence-electron chi connectivity index (χ4n) is 2.06. The molecule has 0 bridgehead atoms. The predicted octanol–water partition coefficient (Wildman–Crippen LogP) is 4.76. The fraction of sp³-hybridized carbons (Fsp3) is 0.294. The first-order chi connectivity index (χ1) is 8.61. The number of anilines is 1. The molecule has 0 saturated carbocycles. The Kier molecular flexibility index (Phi) is 3.71. The molecule has 0 heterocycles. The summed E-state index contributed by atoms with van der Waals surface area (Å²) in [5, 5.41) is 0. The van der Waals surface area contributed by atoms with Crippen LogP contribution in [0.5, 0.6) is 0 Å². The van der Waals surface area contributed by atoms with Crippen LogP contribution in [-0.2, 0) is 0 Å². The van der Waals surface area contributed by atoms with E-state index in [4.69, 9.17) is 5.73 Å². The number of benzene rings is 2. The topological polar surface area (TPSA) is 26.0 Å². The van der Waals surface area contributed by atoms with E-state index in [2.05, 4.69) is 50.2 Å². The molecule has 0 fully saturated rings. The van der Waals surface area contributed by atoms with Gasteiger partial charge in [0.2, 0.25) is 0 Å². The predicted molar refractivity (Wildman–Crippen MR) is 79.7 cm³/mol. The van der Waals surface area contributed by atoms with Gasteiger partial charge < -0.3 is 5.73 Å². The molecule has 1 heteroatoms. The zero-order valence-electron chi connectivity index (χ0n) is 11.4. The molecule has 0 spiro atoms. The van der Waals surface area contributed by atoms with Gasteiger partial charge in [0.1, 0.15) is 0 Å². The first kappa shape index (κ1) is 12.7. The lowest BCUT2D eigenvalue weighted by molar-refractivity contribution is 0.734. The highest BCUT2D eigenvalue weighted by atomic mass is 14.5. The molecule has 1 unspecified atom stereocenters. The number of nitrogens with two attached hydrogens (primary N) is 1. The SMILES string of the molecule is CCC(C)c1ccc(-c2ccc(C)c(N)c2)cc1. The Balaban J connectivity index is 2.31. The maximum absolute atomic E-state index is 5.96. The van der Waals surface area contributed by atoms with Crippen molar-refractivity contribution in [2.75, 3.05) is 5.73 Å². The lowest BCUT2D eigenvalue weighted by Gasteiger charge is -2.10. The average Bonchev–Trinajstić information content (AvgIpc) is 2.41. The van der Waals surface area contributed by atoms with E-state index in [1.807, 2.05) is 13.0 Å². The highest BCUT2D eigenvalue weighted by Crippen LogP contribution is 2.26. The van der Waals surface area contributed by atoms with Crippen molar-refractivity contribution in [3.63, 3.8) is 0 Å². The Morgan fingerprint density at radius 2 is 1.61 bits per heavy atom. The van der Waals surface area contributed by atoms with Crippen molar-refractivity contribution in [1.29, 1.82) is 0 Å². The van der Waals surface area contributed by atoms with Crippen molar-refractivity contribution in [2.45, 2.75) is 33.1 Å². The van der Waals surface area contributed by atoms with Gasteiger partial charge in [-0.1, -0.05) is 50.2 Å². The third kappa shape index (κ3) is 2.56. The molecule has 1 atom stereocenters. The van der Waals surface area contributed by atoms with E-state index in [9.17, 15) is 0 Å². The van der Waals surface area contributed by atoms with Crippen LogP contribution in [0.2, 0.25) is 0 Å². The molecular weight excluding hydrogens is 218 g/mol. The summed E-state index contributed by atoms with van der Waals surface area (Å²) in [6.45, 7) is 6.52. The molecule has 2 aromatic rings. The van der Waals surface area contributed by atoms with Crippen LogP contribution in [0.4, 0.5) is 5.69 Å². The molecule has 0 aliphatic rings. The standard InChI is InChI=1S/C17H21N/c1-4-12(2)14-7-9-15(10-8-14)16-6-5-13(3)17(18)11-16/h5-12H,4,18H2,1-3H3. The van der Waals surface area contributed by atoms with Crippen molar-refractivity contribution in [3.8, 4) is 11.1 Å². The number of rotatable bonds is 3. The van der Waals surface area contributed by atoms with Crippen molar-refractivity contribution in [2.24, 2.45) is 0 Å². The Bertz CT molecular complexity index is 526. The van der Waals surface area contributed by atoms with E-state index in [1.165, 1.54) is 23.1 Å². The fourth-order valence-corrected chi connectivity index (χ4v) is 2.06. The second-order valence-corrected chi connectivity index (χ2v) is 5.00. The molecule has 0 amide bonds. The summed E-state index contributed by atoms with van der Waals surface area (Å²) in [6.07, 6.45) is 1.18. The van der Waals surface area contributed by atoms with Crippen LogP contribution in [0, 0.1) is 6.92 Å². The van der Waals surface area contributed by atoms with E-state index in [1.54, 1.807) is 0 Å². The Morgan fingerprint density at radius 1 is 1.00 bits per heavy atom. The average molecular weight is 239 g/mol. The van der Waals surface area contributed by atoms with Crippen molar-refractivity contribution in [1.82, 2.24) is 0 Å². The van der Waals surface area contributed by atoms with E-state index in [-0.39, 0.29) is 0 Å². The maximum atomic E-state index is 5.96. The molecular formula is C17H21N. The minimum absolute atomic E-state index is 0.627. The Hall–Kier alpha value is -1.76. The normalized spacial score (nSPS) is 12.4. The first-order valence-corrected chi connectivity index (χ1v) is 6.58. The van der Waals surface area contributed by atoms with Gasteiger partial charge in [-0.25, -0.2) is 0 Å². The zero-order chi connectivity index (χ0) is 13.1.